The largest absolute Gasteiger partial charge is 0.392 e. The van der Waals surface area contributed by atoms with Gasteiger partial charge < -0.3 is 5.73 Å². The van der Waals surface area contributed by atoms with Crippen molar-refractivity contribution in [1.29, 1.82) is 0 Å². The quantitative estimate of drug-likeness (QED) is 0.683. The third kappa shape index (κ3) is 3.39. The average molecular weight is 250 g/mol. The zero-order valence-electron chi connectivity index (χ0n) is 9.06. The third-order valence-electron chi connectivity index (χ3n) is 2.74. The van der Waals surface area contributed by atoms with Crippen LogP contribution in [0.4, 0.5) is 0 Å². The van der Waals surface area contributed by atoms with E-state index in [1.807, 2.05) is 6.92 Å². The van der Waals surface area contributed by atoms with Crippen LogP contribution >= 0.6 is 12.2 Å². The highest BCUT2D eigenvalue weighted by atomic mass is 32.2. The zero-order valence-corrected chi connectivity index (χ0v) is 10.7. The van der Waals surface area contributed by atoms with Crippen molar-refractivity contribution in [2.75, 3.05) is 0 Å². The summed E-state index contributed by atoms with van der Waals surface area (Å²) in [4.78, 5) is 0.0491. The topological polar surface area (TPSA) is 72.2 Å². The maximum Gasteiger partial charge on any atom is 0.221 e. The summed E-state index contributed by atoms with van der Waals surface area (Å²) < 4.78 is 26.4. The fraction of sp³-hybridized carbons (Fsp3) is 0.889. The molecule has 6 heteroatoms. The Morgan fingerprint density at radius 2 is 2.13 bits per heavy atom. The fourth-order valence-electron chi connectivity index (χ4n) is 1.61. The highest BCUT2D eigenvalue weighted by Crippen LogP contribution is 2.32. The van der Waals surface area contributed by atoms with Crippen LogP contribution in [0.3, 0.4) is 0 Å². The predicted molar refractivity (Wildman–Crippen MR) is 65.1 cm³/mol. The Hall–Kier alpha value is -0.200. The SMILES string of the molecule is CCC(C(N)=S)S(=O)(=O)NC(C)C1CC1. The van der Waals surface area contributed by atoms with Gasteiger partial charge in [-0.2, -0.15) is 0 Å². The number of nitrogens with two attached hydrogens (primary N) is 1. The molecule has 2 atom stereocenters. The smallest absolute Gasteiger partial charge is 0.221 e. The molecule has 0 spiro atoms. The van der Waals surface area contributed by atoms with Gasteiger partial charge >= 0.3 is 0 Å². The Morgan fingerprint density at radius 3 is 2.47 bits per heavy atom. The summed E-state index contributed by atoms with van der Waals surface area (Å²) in [6, 6.07) is -0.00148. The van der Waals surface area contributed by atoms with Gasteiger partial charge in [-0.25, -0.2) is 13.1 Å². The number of sulfonamides is 1. The molecular formula is C9H18N2O2S2. The van der Waals surface area contributed by atoms with Crippen molar-refractivity contribution in [3.8, 4) is 0 Å². The first-order valence-electron chi connectivity index (χ1n) is 5.19. The Bertz CT molecular complexity index is 336. The molecule has 2 unspecified atom stereocenters. The van der Waals surface area contributed by atoms with Gasteiger partial charge in [-0.15, -0.1) is 0 Å². The monoisotopic (exact) mass is 250 g/mol. The average Bonchev–Trinajstić information content (AvgIpc) is 2.83. The number of hydrogen-bond acceptors (Lipinski definition) is 3. The van der Waals surface area contributed by atoms with Crippen LogP contribution in [0.5, 0.6) is 0 Å². The normalized spacial score (nSPS) is 20.9. The molecule has 0 bridgehead atoms. The first-order chi connectivity index (χ1) is 6.88. The van der Waals surface area contributed by atoms with Gasteiger partial charge in [-0.1, -0.05) is 19.1 Å². The van der Waals surface area contributed by atoms with Crippen molar-refractivity contribution in [1.82, 2.24) is 4.72 Å². The van der Waals surface area contributed by atoms with E-state index < -0.39 is 15.3 Å². The molecule has 0 aromatic heterocycles. The summed E-state index contributed by atoms with van der Waals surface area (Å²) in [5, 5.41) is -0.742. The van der Waals surface area contributed by atoms with Crippen molar-refractivity contribution in [3.05, 3.63) is 0 Å². The second kappa shape index (κ2) is 4.76. The zero-order chi connectivity index (χ0) is 11.6. The molecule has 15 heavy (non-hydrogen) atoms. The Labute approximate surface area is 96.7 Å². The molecule has 1 saturated carbocycles. The highest BCUT2D eigenvalue weighted by molar-refractivity contribution is 7.93. The maximum absolute atomic E-state index is 11.9. The fourth-order valence-corrected chi connectivity index (χ4v) is 3.77. The molecule has 0 amide bonds. The third-order valence-corrected chi connectivity index (χ3v) is 5.21. The van der Waals surface area contributed by atoms with E-state index in [2.05, 4.69) is 4.72 Å². The first kappa shape index (κ1) is 12.9. The van der Waals surface area contributed by atoms with E-state index in [4.69, 9.17) is 18.0 Å². The van der Waals surface area contributed by atoms with E-state index >= 15 is 0 Å². The van der Waals surface area contributed by atoms with E-state index in [0.29, 0.717) is 12.3 Å². The molecule has 0 aromatic carbocycles. The van der Waals surface area contributed by atoms with E-state index in [1.165, 1.54) is 0 Å². The standard InChI is InChI=1S/C9H18N2O2S2/c1-3-8(9(10)14)15(12,13)11-6(2)7-4-5-7/h6-8,11H,3-5H2,1-2H3,(H2,10,14). The molecule has 88 valence electrons. The van der Waals surface area contributed by atoms with E-state index in [9.17, 15) is 8.42 Å². The van der Waals surface area contributed by atoms with Crippen LogP contribution in [-0.2, 0) is 10.0 Å². The van der Waals surface area contributed by atoms with Crippen LogP contribution in [0.25, 0.3) is 0 Å². The second-order valence-corrected chi connectivity index (χ2v) is 6.45. The Kier molecular flexibility index (Phi) is 4.08. The molecule has 4 nitrogen and oxygen atoms in total. The van der Waals surface area contributed by atoms with Gasteiger partial charge in [0, 0.05) is 6.04 Å². The summed E-state index contributed by atoms with van der Waals surface area (Å²) in [6.07, 6.45) is 2.63. The lowest BCUT2D eigenvalue weighted by Gasteiger charge is -2.19. The van der Waals surface area contributed by atoms with Gasteiger partial charge in [-0.3, -0.25) is 0 Å². The van der Waals surface area contributed by atoms with Crippen LogP contribution in [0.2, 0.25) is 0 Å². The van der Waals surface area contributed by atoms with Gasteiger partial charge in [-0.05, 0) is 32.1 Å². The van der Waals surface area contributed by atoms with E-state index in [-0.39, 0.29) is 11.0 Å². The van der Waals surface area contributed by atoms with Gasteiger partial charge in [0.05, 0.1) is 4.99 Å². The van der Waals surface area contributed by atoms with Gasteiger partial charge in [0.2, 0.25) is 10.0 Å². The summed E-state index contributed by atoms with van der Waals surface area (Å²) in [7, 11) is -3.39. The lowest BCUT2D eigenvalue weighted by Crippen LogP contribution is -2.45. The molecule has 0 radical (unpaired) electrons. The number of thiocarbonyl (C=S) groups is 1. The molecule has 1 fully saturated rings. The molecule has 0 saturated heterocycles. The van der Waals surface area contributed by atoms with Crippen LogP contribution in [0.15, 0.2) is 0 Å². The Balaban J connectivity index is 2.67. The predicted octanol–water partition coefficient (Wildman–Crippen LogP) is 0.769. The molecule has 1 aliphatic carbocycles. The molecule has 3 N–H and O–H groups in total. The molecule has 0 aliphatic heterocycles. The van der Waals surface area contributed by atoms with Crippen LogP contribution < -0.4 is 10.5 Å². The summed E-state index contributed by atoms with van der Waals surface area (Å²) >= 11 is 4.76. The number of rotatable bonds is 6. The van der Waals surface area contributed by atoms with Crippen molar-refractivity contribution in [2.45, 2.75) is 44.4 Å². The minimum Gasteiger partial charge on any atom is -0.392 e. The molecule has 0 heterocycles. The molecule has 1 aliphatic rings. The highest BCUT2D eigenvalue weighted by Gasteiger charge is 2.34. The summed E-state index contributed by atoms with van der Waals surface area (Å²) in [5.41, 5.74) is 5.41. The van der Waals surface area contributed by atoms with Crippen LogP contribution in [-0.4, -0.2) is 24.7 Å². The lowest BCUT2D eigenvalue weighted by atomic mass is 10.2. The lowest BCUT2D eigenvalue weighted by molar-refractivity contribution is 0.533. The van der Waals surface area contributed by atoms with Gasteiger partial charge in [0.25, 0.3) is 0 Å². The summed E-state index contributed by atoms with van der Waals surface area (Å²) in [6.45, 7) is 3.66. The minimum absolute atomic E-state index is 0.00148. The van der Waals surface area contributed by atoms with Crippen molar-refractivity contribution in [3.63, 3.8) is 0 Å². The van der Waals surface area contributed by atoms with Crippen molar-refractivity contribution >= 4 is 27.2 Å². The van der Waals surface area contributed by atoms with Crippen LogP contribution in [0.1, 0.15) is 33.1 Å². The first-order valence-corrected chi connectivity index (χ1v) is 7.14. The van der Waals surface area contributed by atoms with E-state index in [1.54, 1.807) is 6.92 Å². The van der Waals surface area contributed by atoms with Crippen molar-refractivity contribution in [2.24, 2.45) is 11.7 Å². The maximum atomic E-state index is 11.9. The molecule has 1 rings (SSSR count). The Morgan fingerprint density at radius 1 is 1.60 bits per heavy atom. The molecular weight excluding hydrogens is 232 g/mol. The van der Waals surface area contributed by atoms with E-state index in [0.717, 1.165) is 12.8 Å². The number of nitrogens with one attached hydrogen (secondary N) is 1. The van der Waals surface area contributed by atoms with Crippen molar-refractivity contribution < 1.29 is 8.42 Å². The summed E-state index contributed by atoms with van der Waals surface area (Å²) in [5.74, 6) is 0.489. The van der Waals surface area contributed by atoms with Gasteiger partial charge in [0.1, 0.15) is 5.25 Å². The van der Waals surface area contributed by atoms with Crippen LogP contribution in [0, 0.1) is 5.92 Å². The van der Waals surface area contributed by atoms with Gasteiger partial charge in [0.15, 0.2) is 0 Å². The minimum atomic E-state index is -3.39. The second-order valence-electron chi connectivity index (χ2n) is 4.09. The number of hydrogen-bond donors (Lipinski definition) is 2. The molecule has 0 aromatic rings.